The number of hydrogen-bond acceptors (Lipinski definition) is 3. The van der Waals surface area contributed by atoms with Crippen LogP contribution in [0.25, 0.3) is 0 Å². The van der Waals surface area contributed by atoms with Crippen LogP contribution in [0.3, 0.4) is 0 Å². The van der Waals surface area contributed by atoms with E-state index in [1.807, 2.05) is 0 Å². The number of carbonyl (C=O) groups is 1. The number of rotatable bonds is 6. The molecule has 1 amide bonds. The van der Waals surface area contributed by atoms with Gasteiger partial charge >= 0.3 is 0 Å². The summed E-state index contributed by atoms with van der Waals surface area (Å²) in [7, 11) is 0. The Bertz CT molecular complexity index is 691. The summed E-state index contributed by atoms with van der Waals surface area (Å²) in [5, 5.41) is 9.19. The van der Waals surface area contributed by atoms with E-state index in [2.05, 4.69) is 0 Å². The average Bonchev–Trinajstić information content (AvgIpc) is 2.52. The molecule has 0 atom stereocenters. The Morgan fingerprint density at radius 3 is 1.83 bits per heavy atom. The van der Waals surface area contributed by atoms with E-state index >= 15 is 0 Å². The zero-order valence-corrected chi connectivity index (χ0v) is 13.9. The molecule has 0 saturated heterocycles. The van der Waals surface area contributed by atoms with Crippen LogP contribution < -0.4 is 5.48 Å². The quantitative estimate of drug-likeness (QED) is 0.597. The first-order chi connectivity index (χ1) is 11.4. The maximum atomic E-state index is 13.9. The smallest absolute Gasteiger partial charge is 0.257 e. The molecule has 0 spiro atoms. The lowest BCUT2D eigenvalue weighted by atomic mass is 10.1. The molecule has 0 fully saturated rings. The van der Waals surface area contributed by atoms with Gasteiger partial charge in [0.15, 0.2) is 0 Å². The van der Waals surface area contributed by atoms with Gasteiger partial charge in [0.25, 0.3) is 5.91 Å². The van der Waals surface area contributed by atoms with Crippen molar-refractivity contribution in [2.45, 2.75) is 13.1 Å². The first kappa shape index (κ1) is 18.6. The van der Waals surface area contributed by atoms with Gasteiger partial charge in [0, 0.05) is 34.3 Å². The minimum Gasteiger partial charge on any atom is -0.289 e. The highest BCUT2D eigenvalue weighted by atomic mass is 35.5. The Labute approximate surface area is 147 Å². The van der Waals surface area contributed by atoms with Crippen LogP contribution in [-0.2, 0) is 17.9 Å². The Morgan fingerprint density at radius 1 is 1.00 bits per heavy atom. The molecular formula is C16H14Cl2F2N2O2. The summed E-state index contributed by atoms with van der Waals surface area (Å²) >= 11 is 11.4. The van der Waals surface area contributed by atoms with Gasteiger partial charge in [0.05, 0.1) is 6.54 Å². The molecule has 2 N–H and O–H groups in total. The Balaban J connectivity index is 2.22. The van der Waals surface area contributed by atoms with Crippen molar-refractivity contribution in [3.05, 3.63) is 69.2 Å². The predicted molar refractivity (Wildman–Crippen MR) is 86.9 cm³/mol. The fourth-order valence-corrected chi connectivity index (χ4v) is 2.51. The SMILES string of the molecule is O=C(CN(Cc1ccc(Cl)cc1F)Cc1ccc(Cl)cc1F)NO. The summed E-state index contributed by atoms with van der Waals surface area (Å²) in [6, 6.07) is 8.33. The average molecular weight is 375 g/mol. The summed E-state index contributed by atoms with van der Waals surface area (Å²) in [5.74, 6) is -1.76. The van der Waals surface area contributed by atoms with Crippen molar-refractivity contribution in [3.63, 3.8) is 0 Å². The highest BCUT2D eigenvalue weighted by molar-refractivity contribution is 6.30. The molecule has 0 aromatic heterocycles. The Kier molecular flexibility index (Phi) is 6.51. The fraction of sp³-hybridized carbons (Fsp3) is 0.188. The number of nitrogens with zero attached hydrogens (tertiary/aromatic N) is 1. The third kappa shape index (κ3) is 5.14. The van der Waals surface area contributed by atoms with Crippen molar-refractivity contribution in [2.75, 3.05) is 6.54 Å². The van der Waals surface area contributed by atoms with Crippen molar-refractivity contribution in [1.82, 2.24) is 10.4 Å². The van der Waals surface area contributed by atoms with Crippen molar-refractivity contribution >= 4 is 29.1 Å². The van der Waals surface area contributed by atoms with Crippen LogP contribution >= 0.6 is 23.2 Å². The molecule has 0 unspecified atom stereocenters. The van der Waals surface area contributed by atoms with Crippen molar-refractivity contribution in [1.29, 1.82) is 0 Å². The van der Waals surface area contributed by atoms with Crippen molar-refractivity contribution < 1.29 is 18.8 Å². The van der Waals surface area contributed by atoms with E-state index < -0.39 is 17.5 Å². The van der Waals surface area contributed by atoms with Gasteiger partial charge in [-0.25, -0.2) is 14.3 Å². The van der Waals surface area contributed by atoms with Crippen LogP contribution in [0.4, 0.5) is 8.78 Å². The van der Waals surface area contributed by atoms with E-state index in [9.17, 15) is 13.6 Å². The number of hydrogen-bond donors (Lipinski definition) is 2. The molecule has 0 heterocycles. The number of nitrogens with one attached hydrogen (secondary N) is 1. The second-order valence-electron chi connectivity index (χ2n) is 5.15. The van der Waals surface area contributed by atoms with Crippen LogP contribution in [0.1, 0.15) is 11.1 Å². The van der Waals surface area contributed by atoms with Gasteiger partial charge in [0.2, 0.25) is 0 Å². The van der Waals surface area contributed by atoms with Gasteiger partial charge in [-0.2, -0.15) is 0 Å². The number of carbonyl (C=O) groups excluding carboxylic acids is 1. The minimum absolute atomic E-state index is 0.0263. The molecule has 24 heavy (non-hydrogen) atoms. The molecule has 2 aromatic carbocycles. The molecule has 0 bridgehead atoms. The zero-order valence-electron chi connectivity index (χ0n) is 12.4. The molecule has 0 radical (unpaired) electrons. The Hall–Kier alpha value is -1.73. The number of hydroxylamine groups is 1. The van der Waals surface area contributed by atoms with Crippen LogP contribution in [0.5, 0.6) is 0 Å². The molecule has 0 saturated carbocycles. The van der Waals surface area contributed by atoms with Gasteiger partial charge in [0.1, 0.15) is 11.6 Å². The predicted octanol–water partition coefficient (Wildman–Crippen LogP) is 3.78. The van der Waals surface area contributed by atoms with Gasteiger partial charge in [-0.3, -0.25) is 14.9 Å². The van der Waals surface area contributed by atoms with Gasteiger partial charge in [-0.15, -0.1) is 0 Å². The van der Waals surface area contributed by atoms with Crippen LogP contribution in [0.15, 0.2) is 36.4 Å². The highest BCUT2D eigenvalue weighted by Gasteiger charge is 2.16. The molecular weight excluding hydrogens is 361 g/mol. The molecule has 4 nitrogen and oxygen atoms in total. The molecule has 2 rings (SSSR count). The summed E-state index contributed by atoms with van der Waals surface area (Å²) in [5.41, 5.74) is 2.09. The van der Waals surface area contributed by atoms with Crippen molar-refractivity contribution in [3.8, 4) is 0 Å². The summed E-state index contributed by atoms with van der Waals surface area (Å²) in [6.45, 7) is -0.197. The first-order valence-electron chi connectivity index (χ1n) is 6.92. The van der Waals surface area contributed by atoms with E-state index in [1.54, 1.807) is 0 Å². The molecule has 0 aliphatic rings. The van der Waals surface area contributed by atoms with E-state index in [0.29, 0.717) is 11.1 Å². The largest absolute Gasteiger partial charge is 0.289 e. The zero-order chi connectivity index (χ0) is 17.7. The number of amides is 1. The second kappa shape index (κ2) is 8.39. The topological polar surface area (TPSA) is 52.6 Å². The molecule has 0 aliphatic carbocycles. The van der Waals surface area contributed by atoms with Gasteiger partial charge < -0.3 is 0 Å². The second-order valence-corrected chi connectivity index (χ2v) is 6.02. The molecule has 8 heteroatoms. The van der Waals surface area contributed by atoms with Gasteiger partial charge in [-0.1, -0.05) is 35.3 Å². The fourth-order valence-electron chi connectivity index (χ4n) is 2.19. The highest BCUT2D eigenvalue weighted by Crippen LogP contribution is 2.20. The third-order valence-electron chi connectivity index (χ3n) is 3.31. The summed E-state index contributed by atoms with van der Waals surface area (Å²) < 4.78 is 27.9. The molecule has 2 aromatic rings. The van der Waals surface area contributed by atoms with Crippen LogP contribution in [0.2, 0.25) is 10.0 Å². The van der Waals surface area contributed by atoms with E-state index in [1.165, 1.54) is 34.6 Å². The summed E-state index contributed by atoms with van der Waals surface area (Å²) in [4.78, 5) is 12.9. The lowest BCUT2D eigenvalue weighted by Gasteiger charge is -2.22. The maximum Gasteiger partial charge on any atom is 0.257 e. The van der Waals surface area contributed by atoms with E-state index in [0.717, 1.165) is 12.1 Å². The minimum atomic E-state index is -0.696. The summed E-state index contributed by atoms with van der Waals surface area (Å²) in [6.07, 6.45) is 0. The Morgan fingerprint density at radius 2 is 1.46 bits per heavy atom. The molecule has 128 valence electrons. The van der Waals surface area contributed by atoms with E-state index in [-0.39, 0.29) is 29.7 Å². The third-order valence-corrected chi connectivity index (χ3v) is 3.78. The van der Waals surface area contributed by atoms with E-state index in [4.69, 9.17) is 28.4 Å². The standard InChI is InChI=1S/C16H14Cl2F2N2O2/c17-12-3-1-10(14(19)5-12)7-22(9-16(23)21-24)8-11-2-4-13(18)6-15(11)20/h1-6,24H,7-9H2,(H,21,23). The normalized spacial score (nSPS) is 10.9. The monoisotopic (exact) mass is 374 g/mol. The van der Waals surface area contributed by atoms with Crippen LogP contribution in [-0.4, -0.2) is 22.6 Å². The first-order valence-corrected chi connectivity index (χ1v) is 7.68. The number of benzene rings is 2. The van der Waals surface area contributed by atoms with Crippen LogP contribution in [0, 0.1) is 11.6 Å². The molecule has 0 aliphatic heterocycles. The lowest BCUT2D eigenvalue weighted by Crippen LogP contribution is -2.35. The van der Waals surface area contributed by atoms with Gasteiger partial charge in [-0.05, 0) is 24.3 Å². The van der Waals surface area contributed by atoms with Crippen molar-refractivity contribution in [2.24, 2.45) is 0 Å². The maximum absolute atomic E-state index is 13.9. The lowest BCUT2D eigenvalue weighted by molar-refractivity contribution is -0.130. The number of halogens is 4.